The summed E-state index contributed by atoms with van der Waals surface area (Å²) in [7, 11) is -3.97. The summed E-state index contributed by atoms with van der Waals surface area (Å²) in [4.78, 5) is 11.0. The predicted molar refractivity (Wildman–Crippen MR) is 60.5 cm³/mol. The summed E-state index contributed by atoms with van der Waals surface area (Å²) in [5, 5.41) is 9.60. The van der Waals surface area contributed by atoms with Crippen LogP contribution in [0, 0.1) is 0 Å². The fraction of sp³-hybridized carbons (Fsp3) is 0.889. The molecule has 2 atom stereocenters. The smallest absolute Gasteiger partial charge is 0.421 e. The number of aliphatic hydroxyl groups excluding tert-OH is 1. The Morgan fingerprint density at radius 2 is 2.06 bits per heavy atom. The minimum Gasteiger partial charge on any atom is -0.449 e. The van der Waals surface area contributed by atoms with Crippen LogP contribution in [0.1, 0.15) is 32.6 Å². The van der Waals surface area contributed by atoms with E-state index in [-0.39, 0.29) is 6.61 Å². The maximum absolute atomic E-state index is 11.5. The third kappa shape index (κ3) is 4.88. The van der Waals surface area contributed by atoms with E-state index in [9.17, 15) is 18.3 Å². The maximum atomic E-state index is 11.5. The van der Waals surface area contributed by atoms with Crippen molar-refractivity contribution in [3.05, 3.63) is 0 Å². The first kappa shape index (κ1) is 14.2. The minimum absolute atomic E-state index is 0.0907. The van der Waals surface area contributed by atoms with Gasteiger partial charge in [-0.05, 0) is 19.8 Å². The van der Waals surface area contributed by atoms with E-state index in [1.807, 2.05) is 0 Å². The van der Waals surface area contributed by atoms with Crippen LogP contribution in [0.25, 0.3) is 0 Å². The molecule has 1 fully saturated rings. The predicted octanol–water partition coefficient (Wildman–Crippen LogP) is -0.130. The molecular weight excluding hydrogens is 248 g/mol. The zero-order chi connectivity index (χ0) is 12.9. The van der Waals surface area contributed by atoms with Gasteiger partial charge in [-0.2, -0.15) is 13.1 Å². The molecule has 7 nitrogen and oxygen atoms in total. The number of ether oxygens (including phenoxy) is 1. The number of rotatable bonds is 4. The molecule has 1 aliphatic carbocycles. The van der Waals surface area contributed by atoms with Gasteiger partial charge in [-0.1, -0.05) is 12.8 Å². The molecule has 0 saturated heterocycles. The average molecular weight is 266 g/mol. The number of hydrogen-bond donors (Lipinski definition) is 3. The fourth-order valence-corrected chi connectivity index (χ4v) is 2.76. The van der Waals surface area contributed by atoms with Gasteiger partial charge in [0.25, 0.3) is 0 Å². The summed E-state index contributed by atoms with van der Waals surface area (Å²) in [6.45, 7) is 1.66. The van der Waals surface area contributed by atoms with Gasteiger partial charge >= 0.3 is 16.3 Å². The van der Waals surface area contributed by atoms with Crippen LogP contribution >= 0.6 is 0 Å². The van der Waals surface area contributed by atoms with E-state index in [1.54, 1.807) is 11.6 Å². The summed E-state index contributed by atoms with van der Waals surface area (Å²) in [6.07, 6.45) is 1.12. The van der Waals surface area contributed by atoms with E-state index in [2.05, 4.69) is 9.46 Å². The Kier molecular flexibility index (Phi) is 5.16. The molecule has 3 N–H and O–H groups in total. The summed E-state index contributed by atoms with van der Waals surface area (Å²) in [5.41, 5.74) is 0. The van der Waals surface area contributed by atoms with Gasteiger partial charge in [0.05, 0.1) is 12.7 Å². The van der Waals surface area contributed by atoms with Crippen LogP contribution < -0.4 is 9.44 Å². The van der Waals surface area contributed by atoms with E-state index in [4.69, 9.17) is 0 Å². The molecule has 0 aromatic heterocycles. The molecule has 0 bridgehead atoms. The first-order valence-electron chi connectivity index (χ1n) is 5.59. The minimum atomic E-state index is -3.97. The standard InChI is InChI=1S/C9H18N2O5S/c1-2-16-9(13)11-17(14,15)10-7-5-3-4-6-8(7)12/h7-8,10,12H,2-6H2,1H3,(H,11,13)/t7-,8-/m1/s1. The molecule has 17 heavy (non-hydrogen) atoms. The summed E-state index contributed by atoms with van der Waals surface area (Å²) >= 11 is 0. The number of nitrogens with one attached hydrogen (secondary N) is 2. The van der Waals surface area contributed by atoms with Crippen molar-refractivity contribution in [3.63, 3.8) is 0 Å². The Labute approximate surface area is 101 Å². The van der Waals surface area contributed by atoms with Gasteiger partial charge in [-0.25, -0.2) is 9.52 Å². The lowest BCUT2D eigenvalue weighted by Gasteiger charge is -2.27. The Morgan fingerprint density at radius 1 is 1.41 bits per heavy atom. The summed E-state index contributed by atoms with van der Waals surface area (Å²) in [5.74, 6) is 0. The van der Waals surface area contributed by atoms with Crippen LogP contribution in [0.15, 0.2) is 0 Å². The van der Waals surface area contributed by atoms with Gasteiger partial charge in [0.15, 0.2) is 0 Å². The first-order valence-corrected chi connectivity index (χ1v) is 7.08. The molecule has 8 heteroatoms. The second-order valence-corrected chi connectivity index (χ2v) is 5.35. The van der Waals surface area contributed by atoms with Crippen molar-refractivity contribution in [2.45, 2.75) is 44.8 Å². The number of aliphatic hydroxyl groups is 1. The lowest BCUT2D eigenvalue weighted by atomic mass is 9.93. The van der Waals surface area contributed by atoms with Gasteiger partial charge in [0, 0.05) is 6.04 Å². The van der Waals surface area contributed by atoms with Gasteiger partial charge in [-0.15, -0.1) is 0 Å². The molecule has 1 amide bonds. The third-order valence-corrected chi connectivity index (χ3v) is 3.58. The molecule has 0 aromatic carbocycles. The van der Waals surface area contributed by atoms with E-state index in [0.29, 0.717) is 12.8 Å². The molecule has 0 spiro atoms. The highest BCUT2D eigenvalue weighted by Gasteiger charge is 2.28. The van der Waals surface area contributed by atoms with Crippen LogP contribution in [0.5, 0.6) is 0 Å². The second kappa shape index (κ2) is 6.18. The number of hydrogen-bond acceptors (Lipinski definition) is 5. The molecule has 0 unspecified atom stereocenters. The molecule has 0 heterocycles. The summed E-state index contributed by atoms with van der Waals surface area (Å²) in [6, 6.07) is -0.546. The number of carbonyl (C=O) groups is 1. The average Bonchev–Trinajstić information content (AvgIpc) is 2.20. The number of amides is 1. The van der Waals surface area contributed by atoms with Crippen molar-refractivity contribution in [3.8, 4) is 0 Å². The van der Waals surface area contributed by atoms with Gasteiger partial charge in [0.2, 0.25) is 0 Å². The fourth-order valence-electron chi connectivity index (χ4n) is 1.75. The quantitative estimate of drug-likeness (QED) is 0.657. The Balaban J connectivity index is 2.50. The van der Waals surface area contributed by atoms with Crippen molar-refractivity contribution in [1.29, 1.82) is 0 Å². The highest BCUT2D eigenvalue weighted by Crippen LogP contribution is 2.18. The molecule has 0 aromatic rings. The monoisotopic (exact) mass is 266 g/mol. The largest absolute Gasteiger partial charge is 0.449 e. The zero-order valence-corrected chi connectivity index (χ0v) is 10.5. The molecule has 0 aliphatic heterocycles. The van der Waals surface area contributed by atoms with Crippen molar-refractivity contribution in [2.75, 3.05) is 6.61 Å². The third-order valence-electron chi connectivity index (χ3n) is 2.53. The van der Waals surface area contributed by atoms with Crippen molar-refractivity contribution >= 4 is 16.3 Å². The second-order valence-electron chi connectivity index (χ2n) is 3.90. The molecule has 1 aliphatic rings. The molecular formula is C9H18N2O5S. The Hall–Kier alpha value is -0.860. The van der Waals surface area contributed by atoms with Crippen LogP contribution in [0.2, 0.25) is 0 Å². The maximum Gasteiger partial charge on any atom is 0.421 e. The highest BCUT2D eigenvalue weighted by atomic mass is 32.2. The lowest BCUT2D eigenvalue weighted by Crippen LogP contribution is -2.50. The van der Waals surface area contributed by atoms with Gasteiger partial charge < -0.3 is 9.84 Å². The van der Waals surface area contributed by atoms with Crippen molar-refractivity contribution in [1.82, 2.24) is 9.44 Å². The van der Waals surface area contributed by atoms with Gasteiger partial charge in [0.1, 0.15) is 0 Å². The Morgan fingerprint density at radius 3 is 2.65 bits per heavy atom. The van der Waals surface area contributed by atoms with E-state index < -0.39 is 28.4 Å². The summed E-state index contributed by atoms with van der Waals surface area (Å²) < 4.78 is 31.4. The topological polar surface area (TPSA) is 105 Å². The van der Waals surface area contributed by atoms with E-state index in [1.165, 1.54) is 0 Å². The number of carbonyl (C=O) groups excluding carboxylic acids is 1. The Bertz CT molecular complexity index is 356. The molecule has 1 rings (SSSR count). The molecule has 1 saturated carbocycles. The zero-order valence-electron chi connectivity index (χ0n) is 9.68. The van der Waals surface area contributed by atoms with Crippen LogP contribution in [0.3, 0.4) is 0 Å². The van der Waals surface area contributed by atoms with Gasteiger partial charge in [-0.3, -0.25) is 0 Å². The first-order chi connectivity index (χ1) is 7.94. The highest BCUT2D eigenvalue weighted by molar-refractivity contribution is 7.88. The molecule has 100 valence electrons. The van der Waals surface area contributed by atoms with E-state index in [0.717, 1.165) is 12.8 Å². The normalized spacial score (nSPS) is 25.3. The lowest BCUT2D eigenvalue weighted by molar-refractivity contribution is 0.101. The van der Waals surface area contributed by atoms with Crippen molar-refractivity contribution < 1.29 is 23.1 Å². The van der Waals surface area contributed by atoms with Crippen molar-refractivity contribution in [2.24, 2.45) is 0 Å². The van der Waals surface area contributed by atoms with Crippen LogP contribution in [-0.4, -0.2) is 38.4 Å². The van der Waals surface area contributed by atoms with E-state index >= 15 is 0 Å². The van der Waals surface area contributed by atoms with Crippen LogP contribution in [0.4, 0.5) is 4.79 Å². The SMILES string of the molecule is CCOC(=O)NS(=O)(=O)N[C@@H]1CCCC[C@H]1O. The van der Waals surface area contributed by atoms with Crippen LogP contribution in [-0.2, 0) is 14.9 Å². The molecule has 0 radical (unpaired) electrons.